The lowest BCUT2D eigenvalue weighted by Gasteiger charge is -2.33. The first-order chi connectivity index (χ1) is 17.4. The van der Waals surface area contributed by atoms with Crippen molar-refractivity contribution in [3.05, 3.63) is 45.1 Å². The van der Waals surface area contributed by atoms with Crippen LogP contribution in [0.1, 0.15) is 23.2 Å². The molecule has 0 saturated carbocycles. The molecule has 0 aliphatic carbocycles. The first kappa shape index (κ1) is 26.8. The SMILES string of the molecule is CCOC(=O)c1nc(-c2csc(SCC(=O)NCC3CN(Cc4ccc(Cl)c(Cl)c4)CCO3)n2)no1. The minimum Gasteiger partial charge on any atom is -0.459 e. The van der Waals surface area contributed by atoms with Gasteiger partial charge in [-0.15, -0.1) is 11.3 Å². The number of thiazole rings is 1. The summed E-state index contributed by atoms with van der Waals surface area (Å²) in [4.78, 5) is 34.7. The number of carbonyl (C=O) groups is 2. The maximum absolute atomic E-state index is 12.4. The number of ether oxygens (including phenoxy) is 2. The first-order valence-electron chi connectivity index (χ1n) is 11.1. The monoisotopic (exact) mass is 571 g/mol. The van der Waals surface area contributed by atoms with E-state index in [1.54, 1.807) is 18.4 Å². The van der Waals surface area contributed by atoms with Crippen molar-refractivity contribution in [2.24, 2.45) is 0 Å². The Morgan fingerprint density at radius 2 is 2.17 bits per heavy atom. The summed E-state index contributed by atoms with van der Waals surface area (Å²) in [6.07, 6.45) is -0.103. The van der Waals surface area contributed by atoms with Crippen molar-refractivity contribution < 1.29 is 23.6 Å². The number of amides is 1. The van der Waals surface area contributed by atoms with Crippen LogP contribution in [0.2, 0.25) is 10.0 Å². The van der Waals surface area contributed by atoms with E-state index in [0.29, 0.717) is 39.8 Å². The quantitative estimate of drug-likeness (QED) is 0.284. The van der Waals surface area contributed by atoms with Gasteiger partial charge in [-0.05, 0) is 24.6 Å². The number of morpholine rings is 1. The summed E-state index contributed by atoms with van der Waals surface area (Å²) in [5.74, 6) is -0.643. The molecule has 1 aromatic carbocycles. The lowest BCUT2D eigenvalue weighted by atomic mass is 10.2. The zero-order valence-electron chi connectivity index (χ0n) is 19.2. The summed E-state index contributed by atoms with van der Waals surface area (Å²) in [5.41, 5.74) is 1.53. The summed E-state index contributed by atoms with van der Waals surface area (Å²) in [6, 6.07) is 5.62. The molecule has 3 aromatic rings. The summed E-state index contributed by atoms with van der Waals surface area (Å²) in [6.45, 7) is 5.13. The van der Waals surface area contributed by atoms with E-state index in [0.717, 1.165) is 18.7 Å². The highest BCUT2D eigenvalue weighted by Crippen LogP contribution is 2.27. The van der Waals surface area contributed by atoms with E-state index in [1.165, 1.54) is 23.1 Å². The number of nitrogens with one attached hydrogen (secondary N) is 1. The van der Waals surface area contributed by atoms with Crippen LogP contribution in [0.15, 0.2) is 32.4 Å². The van der Waals surface area contributed by atoms with Gasteiger partial charge in [0.25, 0.3) is 0 Å². The Labute approximate surface area is 225 Å². The van der Waals surface area contributed by atoms with Gasteiger partial charge in [-0.2, -0.15) is 4.98 Å². The second kappa shape index (κ2) is 12.8. The Balaban J connectivity index is 1.20. The van der Waals surface area contributed by atoms with Crippen LogP contribution in [-0.4, -0.2) is 76.6 Å². The number of carbonyl (C=O) groups excluding carboxylic acids is 2. The Kier molecular flexibility index (Phi) is 9.57. The molecule has 4 rings (SSSR count). The van der Waals surface area contributed by atoms with Crippen molar-refractivity contribution in [3.63, 3.8) is 0 Å². The zero-order chi connectivity index (χ0) is 25.5. The van der Waals surface area contributed by atoms with Gasteiger partial charge in [-0.1, -0.05) is 46.2 Å². The molecule has 1 aliphatic heterocycles. The van der Waals surface area contributed by atoms with E-state index in [1.807, 2.05) is 12.1 Å². The number of rotatable bonds is 10. The Morgan fingerprint density at radius 1 is 1.31 bits per heavy atom. The fraction of sp³-hybridized carbons (Fsp3) is 0.409. The highest BCUT2D eigenvalue weighted by molar-refractivity contribution is 8.01. The fourth-order valence-corrected chi connectivity index (χ4v) is 5.33. The van der Waals surface area contributed by atoms with E-state index in [9.17, 15) is 9.59 Å². The number of hydrogen-bond donors (Lipinski definition) is 1. The number of nitrogens with zero attached hydrogens (tertiary/aromatic N) is 4. The minimum absolute atomic E-state index is 0.103. The lowest BCUT2D eigenvalue weighted by molar-refractivity contribution is -0.119. The van der Waals surface area contributed by atoms with Crippen LogP contribution in [0.4, 0.5) is 0 Å². The molecule has 0 radical (unpaired) electrons. The molecule has 1 unspecified atom stereocenters. The van der Waals surface area contributed by atoms with Gasteiger partial charge in [-0.25, -0.2) is 9.78 Å². The van der Waals surface area contributed by atoms with Crippen LogP contribution < -0.4 is 5.32 Å². The molecule has 0 spiro atoms. The molecule has 10 nitrogen and oxygen atoms in total. The van der Waals surface area contributed by atoms with Crippen molar-refractivity contribution >= 4 is 58.2 Å². The summed E-state index contributed by atoms with van der Waals surface area (Å²) < 4.78 is 16.2. The molecule has 14 heteroatoms. The van der Waals surface area contributed by atoms with Gasteiger partial charge < -0.3 is 19.3 Å². The van der Waals surface area contributed by atoms with Gasteiger partial charge in [0.2, 0.25) is 11.7 Å². The normalized spacial score (nSPS) is 16.1. The molecule has 192 valence electrons. The molecule has 3 heterocycles. The fourth-order valence-electron chi connectivity index (χ4n) is 3.38. The Morgan fingerprint density at radius 3 is 2.97 bits per heavy atom. The van der Waals surface area contributed by atoms with Gasteiger partial charge in [0.05, 0.1) is 35.1 Å². The largest absolute Gasteiger partial charge is 0.459 e. The third-order valence-corrected chi connectivity index (χ3v) is 7.82. The molecule has 1 atom stereocenters. The second-order valence-electron chi connectivity index (χ2n) is 7.71. The van der Waals surface area contributed by atoms with Crippen molar-refractivity contribution in [2.75, 3.05) is 38.6 Å². The average Bonchev–Trinajstić information content (AvgIpc) is 3.54. The van der Waals surface area contributed by atoms with Crippen LogP contribution in [0, 0.1) is 0 Å². The van der Waals surface area contributed by atoms with Gasteiger partial charge in [0.1, 0.15) is 5.69 Å². The average molecular weight is 572 g/mol. The smallest absolute Gasteiger partial charge is 0.397 e. The van der Waals surface area contributed by atoms with E-state index in [2.05, 4.69) is 25.3 Å². The highest BCUT2D eigenvalue weighted by atomic mass is 35.5. The summed E-state index contributed by atoms with van der Waals surface area (Å²) >= 11 is 14.8. The number of benzene rings is 1. The minimum atomic E-state index is -0.683. The van der Waals surface area contributed by atoms with Gasteiger partial charge in [0, 0.05) is 31.6 Å². The van der Waals surface area contributed by atoms with Crippen LogP contribution in [0.25, 0.3) is 11.5 Å². The molecular weight excluding hydrogens is 549 g/mol. The molecule has 2 aromatic heterocycles. The van der Waals surface area contributed by atoms with Crippen molar-refractivity contribution in [3.8, 4) is 11.5 Å². The van der Waals surface area contributed by atoms with E-state index in [-0.39, 0.29) is 36.1 Å². The summed E-state index contributed by atoms with van der Waals surface area (Å²) in [5, 5.41) is 9.49. The number of esters is 1. The van der Waals surface area contributed by atoms with Gasteiger partial charge >= 0.3 is 11.9 Å². The van der Waals surface area contributed by atoms with Crippen LogP contribution in [0.3, 0.4) is 0 Å². The van der Waals surface area contributed by atoms with Crippen LogP contribution in [0.5, 0.6) is 0 Å². The van der Waals surface area contributed by atoms with Crippen molar-refractivity contribution in [1.29, 1.82) is 0 Å². The summed E-state index contributed by atoms with van der Waals surface area (Å²) in [7, 11) is 0. The maximum atomic E-state index is 12.4. The maximum Gasteiger partial charge on any atom is 0.397 e. The van der Waals surface area contributed by atoms with Crippen molar-refractivity contribution in [2.45, 2.75) is 23.9 Å². The molecule has 1 amide bonds. The molecule has 1 saturated heterocycles. The molecule has 1 N–H and O–H groups in total. The number of thioether (sulfide) groups is 1. The highest BCUT2D eigenvalue weighted by Gasteiger charge is 2.22. The molecule has 0 bridgehead atoms. The number of halogens is 2. The molecule has 1 fully saturated rings. The molecular formula is C22H23Cl2N5O5S2. The molecule has 36 heavy (non-hydrogen) atoms. The Hall–Kier alpha value is -2.22. The van der Waals surface area contributed by atoms with Crippen LogP contribution in [-0.2, 0) is 20.8 Å². The third kappa shape index (κ3) is 7.40. The predicted molar refractivity (Wildman–Crippen MR) is 137 cm³/mol. The first-order valence-corrected chi connectivity index (χ1v) is 13.7. The Bertz CT molecular complexity index is 1210. The predicted octanol–water partition coefficient (Wildman–Crippen LogP) is 3.79. The number of aromatic nitrogens is 3. The van der Waals surface area contributed by atoms with Crippen molar-refractivity contribution in [1.82, 2.24) is 25.3 Å². The van der Waals surface area contributed by atoms with E-state index < -0.39 is 5.97 Å². The standard InChI is InChI=1S/C22H23Cl2N5O5S2/c1-2-32-21(31)20-27-19(28-34-20)17-11-35-22(26-17)36-12-18(30)25-8-14-10-29(5-6-33-14)9-13-3-4-15(23)16(24)7-13/h3-4,7,11,14H,2,5-6,8-10,12H2,1H3,(H,25,30). The van der Waals surface area contributed by atoms with Crippen LogP contribution >= 0.6 is 46.3 Å². The zero-order valence-corrected chi connectivity index (χ0v) is 22.4. The van der Waals surface area contributed by atoms with Gasteiger partial charge in [0.15, 0.2) is 4.34 Å². The topological polar surface area (TPSA) is 120 Å². The van der Waals surface area contributed by atoms with E-state index >= 15 is 0 Å². The molecule has 1 aliphatic rings. The number of hydrogen-bond acceptors (Lipinski definition) is 11. The second-order valence-corrected chi connectivity index (χ2v) is 10.6. The van der Waals surface area contributed by atoms with Gasteiger partial charge in [-0.3, -0.25) is 9.69 Å². The lowest BCUT2D eigenvalue weighted by Crippen LogP contribution is -2.47. The van der Waals surface area contributed by atoms with E-state index in [4.69, 9.17) is 37.2 Å². The third-order valence-electron chi connectivity index (χ3n) is 5.06.